The Labute approximate surface area is 174 Å². The number of hydrogen-bond donors (Lipinski definition) is 1. The first-order valence-electron chi connectivity index (χ1n) is 10.0. The van der Waals surface area contributed by atoms with Crippen LogP contribution in [0.4, 0.5) is 0 Å². The van der Waals surface area contributed by atoms with Crippen molar-refractivity contribution in [3.05, 3.63) is 70.3 Å². The largest absolute Gasteiger partial charge is 0.492 e. The number of para-hydroxylation sites is 1. The zero-order chi connectivity index (χ0) is 21.5. The predicted octanol–water partition coefficient (Wildman–Crippen LogP) is 3.59. The molecule has 0 saturated heterocycles. The van der Waals surface area contributed by atoms with Crippen molar-refractivity contribution in [2.45, 2.75) is 39.3 Å². The number of aliphatic carboxylic acids is 1. The van der Waals surface area contributed by atoms with Gasteiger partial charge in [0, 0.05) is 6.42 Å². The number of aromatic nitrogens is 2. The van der Waals surface area contributed by atoms with E-state index in [2.05, 4.69) is 4.98 Å². The molecule has 2 aromatic carbocycles. The van der Waals surface area contributed by atoms with Gasteiger partial charge in [-0.25, -0.2) is 4.98 Å². The van der Waals surface area contributed by atoms with Gasteiger partial charge in [0.15, 0.2) is 0 Å². The molecule has 1 unspecified atom stereocenters. The standard InChI is InChI=1S/C23H26N2O5/c1-3-21-24-20-7-5-4-6-19(20)23(28)25(21)13-15-30-18-10-8-17(9-11-18)16(2)29-14-12-22(26)27/h4-11,16H,3,12-15H2,1-2H3,(H,26,27). The highest BCUT2D eigenvalue weighted by Gasteiger charge is 2.10. The molecule has 1 atom stereocenters. The van der Waals surface area contributed by atoms with E-state index in [9.17, 15) is 9.59 Å². The van der Waals surface area contributed by atoms with Crippen LogP contribution < -0.4 is 10.3 Å². The van der Waals surface area contributed by atoms with Crippen molar-refractivity contribution >= 4 is 16.9 Å². The Hall–Kier alpha value is -3.19. The third-order valence-electron chi connectivity index (χ3n) is 4.87. The molecule has 0 spiro atoms. The summed E-state index contributed by atoms with van der Waals surface area (Å²) in [5, 5.41) is 9.29. The SMILES string of the molecule is CCc1nc2ccccc2c(=O)n1CCOc1ccc(C(C)OCCC(=O)O)cc1. The van der Waals surface area contributed by atoms with Crippen LogP contribution in [-0.2, 0) is 22.5 Å². The van der Waals surface area contributed by atoms with Crippen LogP contribution in [0.15, 0.2) is 53.3 Å². The number of aryl methyl sites for hydroxylation is 1. The molecule has 0 bridgehead atoms. The van der Waals surface area contributed by atoms with E-state index in [-0.39, 0.29) is 24.7 Å². The summed E-state index contributed by atoms with van der Waals surface area (Å²) in [5.41, 5.74) is 1.60. The minimum Gasteiger partial charge on any atom is -0.492 e. The molecular formula is C23H26N2O5. The van der Waals surface area contributed by atoms with E-state index in [1.54, 1.807) is 10.6 Å². The lowest BCUT2D eigenvalue weighted by Gasteiger charge is -2.15. The van der Waals surface area contributed by atoms with Crippen LogP contribution in [0.1, 0.15) is 37.8 Å². The number of ether oxygens (including phenoxy) is 2. The summed E-state index contributed by atoms with van der Waals surface area (Å²) < 4.78 is 13.0. The fourth-order valence-corrected chi connectivity index (χ4v) is 3.22. The van der Waals surface area contributed by atoms with Gasteiger partial charge < -0.3 is 14.6 Å². The first-order chi connectivity index (χ1) is 14.5. The molecule has 0 saturated carbocycles. The van der Waals surface area contributed by atoms with Gasteiger partial charge in [0.25, 0.3) is 5.56 Å². The highest BCUT2D eigenvalue weighted by atomic mass is 16.5. The summed E-state index contributed by atoms with van der Waals surface area (Å²) in [6.07, 6.45) is 0.441. The lowest BCUT2D eigenvalue weighted by atomic mass is 10.1. The number of fused-ring (bicyclic) bond motifs is 1. The normalized spacial score (nSPS) is 12.1. The second-order valence-corrected chi connectivity index (χ2v) is 6.93. The molecule has 0 radical (unpaired) electrons. The van der Waals surface area contributed by atoms with Crippen molar-refractivity contribution in [3.63, 3.8) is 0 Å². The van der Waals surface area contributed by atoms with E-state index in [0.717, 1.165) is 11.4 Å². The van der Waals surface area contributed by atoms with Crippen LogP contribution in [-0.4, -0.2) is 33.8 Å². The second kappa shape index (κ2) is 10.0. The maximum absolute atomic E-state index is 12.8. The molecule has 1 aromatic heterocycles. The number of carboxylic acid groups (broad SMARTS) is 1. The molecule has 0 aliphatic carbocycles. The van der Waals surface area contributed by atoms with Crippen LogP contribution >= 0.6 is 0 Å². The Morgan fingerprint density at radius 2 is 1.87 bits per heavy atom. The van der Waals surface area contributed by atoms with Gasteiger partial charge in [-0.3, -0.25) is 14.2 Å². The summed E-state index contributed by atoms with van der Waals surface area (Å²) in [6.45, 7) is 4.78. The monoisotopic (exact) mass is 410 g/mol. The van der Waals surface area contributed by atoms with Crippen LogP contribution in [0, 0.1) is 0 Å². The van der Waals surface area contributed by atoms with E-state index < -0.39 is 5.97 Å². The number of rotatable bonds is 10. The molecular weight excluding hydrogens is 384 g/mol. The van der Waals surface area contributed by atoms with Crippen molar-refractivity contribution in [1.29, 1.82) is 0 Å². The van der Waals surface area contributed by atoms with Crippen molar-refractivity contribution in [2.75, 3.05) is 13.2 Å². The first kappa shape index (κ1) is 21.5. The molecule has 3 rings (SSSR count). The fraction of sp³-hybridized carbons (Fsp3) is 0.348. The minimum atomic E-state index is -0.877. The maximum atomic E-state index is 12.8. The van der Waals surface area contributed by atoms with Gasteiger partial charge in [0.2, 0.25) is 0 Å². The number of benzene rings is 2. The average molecular weight is 410 g/mol. The molecule has 7 nitrogen and oxygen atoms in total. The number of hydrogen-bond acceptors (Lipinski definition) is 5. The predicted molar refractivity (Wildman–Crippen MR) is 114 cm³/mol. The molecule has 0 aliphatic rings. The van der Waals surface area contributed by atoms with Crippen molar-refractivity contribution in [3.8, 4) is 5.75 Å². The summed E-state index contributed by atoms with van der Waals surface area (Å²) in [5.74, 6) is 0.555. The number of carboxylic acids is 1. The van der Waals surface area contributed by atoms with E-state index >= 15 is 0 Å². The number of carbonyl (C=O) groups is 1. The van der Waals surface area contributed by atoms with Gasteiger partial charge in [-0.2, -0.15) is 0 Å². The summed E-state index contributed by atoms with van der Waals surface area (Å²) in [7, 11) is 0. The zero-order valence-corrected chi connectivity index (χ0v) is 17.2. The van der Waals surface area contributed by atoms with Crippen LogP contribution in [0.25, 0.3) is 10.9 Å². The van der Waals surface area contributed by atoms with Gasteiger partial charge in [-0.1, -0.05) is 31.2 Å². The second-order valence-electron chi connectivity index (χ2n) is 6.93. The van der Waals surface area contributed by atoms with Gasteiger partial charge in [0.05, 0.1) is 36.6 Å². The van der Waals surface area contributed by atoms with Crippen molar-refractivity contribution < 1.29 is 19.4 Å². The Bertz CT molecular complexity index is 1060. The molecule has 0 fully saturated rings. The Morgan fingerprint density at radius 3 is 2.57 bits per heavy atom. The summed E-state index contributed by atoms with van der Waals surface area (Å²) >= 11 is 0. The molecule has 7 heteroatoms. The lowest BCUT2D eigenvalue weighted by molar-refractivity contribution is -0.138. The molecule has 30 heavy (non-hydrogen) atoms. The third kappa shape index (κ3) is 5.24. The van der Waals surface area contributed by atoms with Crippen molar-refractivity contribution in [2.24, 2.45) is 0 Å². The minimum absolute atomic E-state index is 0.0196. The third-order valence-corrected chi connectivity index (χ3v) is 4.87. The van der Waals surface area contributed by atoms with Crippen LogP contribution in [0.3, 0.4) is 0 Å². The molecule has 1 heterocycles. The van der Waals surface area contributed by atoms with Gasteiger partial charge in [-0.15, -0.1) is 0 Å². The van der Waals surface area contributed by atoms with Crippen molar-refractivity contribution in [1.82, 2.24) is 9.55 Å². The highest BCUT2D eigenvalue weighted by Crippen LogP contribution is 2.20. The topological polar surface area (TPSA) is 90.7 Å². The molecule has 1 N–H and O–H groups in total. The van der Waals surface area contributed by atoms with Crippen LogP contribution in [0.5, 0.6) is 5.75 Å². The van der Waals surface area contributed by atoms with Gasteiger partial charge in [0.1, 0.15) is 18.2 Å². The lowest BCUT2D eigenvalue weighted by Crippen LogP contribution is -2.27. The quantitative estimate of drug-likeness (QED) is 0.549. The van der Waals surface area contributed by atoms with E-state index in [1.165, 1.54) is 0 Å². The first-order valence-corrected chi connectivity index (χ1v) is 10.0. The van der Waals surface area contributed by atoms with Gasteiger partial charge >= 0.3 is 5.97 Å². The summed E-state index contributed by atoms with van der Waals surface area (Å²) in [6, 6.07) is 14.8. The Morgan fingerprint density at radius 1 is 1.13 bits per heavy atom. The summed E-state index contributed by atoms with van der Waals surface area (Å²) in [4.78, 5) is 28.0. The van der Waals surface area contributed by atoms with Crippen LogP contribution in [0.2, 0.25) is 0 Å². The van der Waals surface area contributed by atoms with Gasteiger partial charge in [-0.05, 0) is 36.8 Å². The molecule has 0 amide bonds. The molecule has 0 aliphatic heterocycles. The molecule has 158 valence electrons. The molecule has 3 aromatic rings. The van der Waals surface area contributed by atoms with E-state index in [4.69, 9.17) is 14.6 Å². The van der Waals surface area contributed by atoms with E-state index in [0.29, 0.717) is 36.2 Å². The van der Waals surface area contributed by atoms with E-state index in [1.807, 2.05) is 56.3 Å². The maximum Gasteiger partial charge on any atom is 0.305 e. The average Bonchev–Trinajstić information content (AvgIpc) is 2.75. The highest BCUT2D eigenvalue weighted by molar-refractivity contribution is 5.77. The zero-order valence-electron chi connectivity index (χ0n) is 17.2. The fourth-order valence-electron chi connectivity index (χ4n) is 3.22. The Balaban J connectivity index is 1.61. The Kier molecular flexibility index (Phi) is 7.19. The smallest absolute Gasteiger partial charge is 0.305 e. The number of nitrogens with zero attached hydrogens (tertiary/aromatic N) is 2.